The summed E-state index contributed by atoms with van der Waals surface area (Å²) in [4.78, 5) is 0. The zero-order valence-electron chi connectivity index (χ0n) is 9.29. The smallest absolute Gasteiger partial charge is 0.101 e. The van der Waals surface area contributed by atoms with Crippen LogP contribution in [0.1, 0.15) is 13.3 Å². The molecule has 1 aliphatic carbocycles. The number of fused-ring (bicyclic) bond motifs is 1. The van der Waals surface area contributed by atoms with E-state index in [4.69, 9.17) is 23.2 Å². The molecule has 0 N–H and O–H groups in total. The molecule has 16 heavy (non-hydrogen) atoms. The van der Waals surface area contributed by atoms with Crippen molar-refractivity contribution in [2.75, 3.05) is 12.3 Å². The maximum atomic E-state index is 6.38. The molecule has 1 aromatic carbocycles. The Kier molecular flexibility index (Phi) is 2.56. The minimum Gasteiger partial charge on any atom is -0.101 e. The number of halogens is 2. The van der Waals surface area contributed by atoms with E-state index in [1.54, 1.807) is 0 Å². The quantitative estimate of drug-likeness (QED) is 0.535. The van der Waals surface area contributed by atoms with Gasteiger partial charge in [0.15, 0.2) is 0 Å². The van der Waals surface area contributed by atoms with Gasteiger partial charge in [0.05, 0.1) is 0 Å². The van der Waals surface area contributed by atoms with Crippen molar-refractivity contribution in [3.8, 4) is 0 Å². The van der Waals surface area contributed by atoms with Gasteiger partial charge in [0.25, 0.3) is 0 Å². The number of rotatable bonds is 1. The molecule has 1 aromatic rings. The van der Waals surface area contributed by atoms with Crippen LogP contribution in [0.5, 0.6) is 0 Å². The van der Waals surface area contributed by atoms with E-state index in [0.29, 0.717) is 5.92 Å². The van der Waals surface area contributed by atoms with Crippen molar-refractivity contribution in [1.82, 2.24) is 0 Å². The zero-order valence-corrected chi connectivity index (χ0v) is 11.7. The molecule has 0 radical (unpaired) electrons. The fourth-order valence-corrected chi connectivity index (χ4v) is 7.21. The number of alkyl halides is 2. The minimum atomic E-state index is -0.446. The van der Waals surface area contributed by atoms with Crippen LogP contribution in [0, 0.1) is 11.3 Å². The standard InChI is InChI=1S/C13H15Cl2P/c1-12-9-16(10-5-3-2-4-6-10)8-7-11(12)13(12,14)15/h2-6,11H,7-9H2,1H3. The van der Waals surface area contributed by atoms with E-state index in [1.807, 2.05) is 0 Å². The molecule has 1 heterocycles. The SMILES string of the molecule is CC12CP(c3ccccc3)CCC1C2(Cl)Cl. The third-order valence-electron chi connectivity index (χ3n) is 4.21. The van der Waals surface area contributed by atoms with Gasteiger partial charge in [-0.25, -0.2) is 0 Å². The average molecular weight is 273 g/mol. The molecule has 0 bridgehead atoms. The van der Waals surface area contributed by atoms with Crippen LogP contribution in [0.4, 0.5) is 0 Å². The van der Waals surface area contributed by atoms with E-state index in [0.717, 1.165) is 0 Å². The van der Waals surface area contributed by atoms with Gasteiger partial charge < -0.3 is 0 Å². The fraction of sp³-hybridized carbons (Fsp3) is 0.538. The van der Waals surface area contributed by atoms with E-state index in [9.17, 15) is 0 Å². The Bertz CT molecular complexity index is 404. The van der Waals surface area contributed by atoms with Crippen LogP contribution >= 0.6 is 31.1 Å². The third-order valence-corrected chi connectivity index (χ3v) is 8.47. The van der Waals surface area contributed by atoms with Crippen LogP contribution in [0.25, 0.3) is 0 Å². The molecule has 1 saturated carbocycles. The number of benzene rings is 1. The van der Waals surface area contributed by atoms with E-state index >= 15 is 0 Å². The normalized spacial score (nSPS) is 40.2. The molecule has 3 atom stereocenters. The predicted octanol–water partition coefficient (Wildman–Crippen LogP) is 4.01. The molecule has 3 rings (SSSR count). The second kappa shape index (κ2) is 3.61. The van der Waals surface area contributed by atoms with Crippen molar-refractivity contribution in [3.05, 3.63) is 30.3 Å². The topological polar surface area (TPSA) is 0 Å². The van der Waals surface area contributed by atoms with Crippen molar-refractivity contribution in [2.45, 2.75) is 17.7 Å². The first-order valence-corrected chi connectivity index (χ1v) is 8.20. The van der Waals surface area contributed by atoms with Gasteiger partial charge >= 0.3 is 0 Å². The van der Waals surface area contributed by atoms with Gasteiger partial charge in [0.1, 0.15) is 4.33 Å². The first-order valence-electron chi connectivity index (χ1n) is 5.73. The first-order chi connectivity index (χ1) is 7.56. The Morgan fingerprint density at radius 1 is 1.25 bits per heavy atom. The van der Waals surface area contributed by atoms with Crippen LogP contribution in [0.2, 0.25) is 0 Å². The van der Waals surface area contributed by atoms with E-state index < -0.39 is 4.33 Å². The monoisotopic (exact) mass is 272 g/mol. The lowest BCUT2D eigenvalue weighted by Crippen LogP contribution is -2.19. The average Bonchev–Trinajstić information content (AvgIpc) is 2.74. The van der Waals surface area contributed by atoms with Crippen LogP contribution in [0.15, 0.2) is 30.3 Å². The molecule has 0 aromatic heterocycles. The lowest BCUT2D eigenvalue weighted by molar-refractivity contribution is 0.540. The maximum Gasteiger partial charge on any atom is 0.127 e. The van der Waals surface area contributed by atoms with Crippen LogP contribution in [-0.2, 0) is 0 Å². The fourth-order valence-electron chi connectivity index (χ4n) is 3.01. The molecule has 1 aliphatic heterocycles. The molecule has 0 amide bonds. The van der Waals surface area contributed by atoms with Crippen LogP contribution in [-0.4, -0.2) is 16.7 Å². The summed E-state index contributed by atoms with van der Waals surface area (Å²) in [7, 11) is -0.0405. The molecule has 2 fully saturated rings. The van der Waals surface area contributed by atoms with Crippen molar-refractivity contribution in [2.24, 2.45) is 11.3 Å². The van der Waals surface area contributed by atoms with Crippen LogP contribution < -0.4 is 5.30 Å². The second-order valence-electron chi connectivity index (χ2n) is 5.14. The summed E-state index contributed by atoms with van der Waals surface area (Å²) in [5, 5.41) is 1.51. The largest absolute Gasteiger partial charge is 0.127 e. The highest BCUT2D eigenvalue weighted by molar-refractivity contribution is 7.65. The molecule has 0 nitrogen and oxygen atoms in total. The Balaban J connectivity index is 1.83. The summed E-state index contributed by atoms with van der Waals surface area (Å²) < 4.78 is -0.446. The predicted molar refractivity (Wildman–Crippen MR) is 73.4 cm³/mol. The lowest BCUT2D eigenvalue weighted by Gasteiger charge is -2.26. The van der Waals surface area contributed by atoms with Crippen molar-refractivity contribution >= 4 is 36.4 Å². The van der Waals surface area contributed by atoms with Gasteiger partial charge in [-0.1, -0.05) is 45.2 Å². The Morgan fingerprint density at radius 2 is 1.94 bits per heavy atom. The molecule has 1 saturated heterocycles. The molecule has 86 valence electrons. The van der Waals surface area contributed by atoms with Gasteiger partial charge in [-0.05, 0) is 24.0 Å². The summed E-state index contributed by atoms with van der Waals surface area (Å²) in [6.07, 6.45) is 3.69. The Morgan fingerprint density at radius 3 is 2.56 bits per heavy atom. The van der Waals surface area contributed by atoms with Gasteiger partial charge in [-0.15, -0.1) is 23.2 Å². The Labute approximate surface area is 108 Å². The number of hydrogen-bond donors (Lipinski definition) is 0. The molecule has 2 aliphatic rings. The molecule has 3 heteroatoms. The van der Waals surface area contributed by atoms with Crippen molar-refractivity contribution < 1.29 is 0 Å². The summed E-state index contributed by atoms with van der Waals surface area (Å²) >= 11 is 12.8. The van der Waals surface area contributed by atoms with Gasteiger partial charge in [0.2, 0.25) is 0 Å². The summed E-state index contributed by atoms with van der Waals surface area (Å²) in [6.45, 7) is 2.26. The second-order valence-corrected chi connectivity index (χ2v) is 8.88. The van der Waals surface area contributed by atoms with Gasteiger partial charge in [-0.3, -0.25) is 0 Å². The highest BCUT2D eigenvalue weighted by Crippen LogP contribution is 2.76. The minimum absolute atomic E-state index is 0.0405. The third kappa shape index (κ3) is 1.47. The van der Waals surface area contributed by atoms with Gasteiger partial charge in [-0.2, -0.15) is 0 Å². The molecule has 0 spiro atoms. The summed E-state index contributed by atoms with van der Waals surface area (Å²) in [5.74, 6) is 0.533. The Hall–Kier alpha value is 0.230. The summed E-state index contributed by atoms with van der Waals surface area (Å²) in [5.41, 5.74) is 0.176. The molecular formula is C13H15Cl2P. The number of hydrogen-bond acceptors (Lipinski definition) is 0. The van der Waals surface area contributed by atoms with E-state index in [-0.39, 0.29) is 13.3 Å². The first kappa shape index (κ1) is 11.3. The summed E-state index contributed by atoms with van der Waals surface area (Å²) in [6, 6.07) is 10.9. The van der Waals surface area contributed by atoms with E-state index in [2.05, 4.69) is 37.3 Å². The highest BCUT2D eigenvalue weighted by Gasteiger charge is 2.73. The highest BCUT2D eigenvalue weighted by atomic mass is 35.5. The zero-order chi connectivity index (χ0) is 11.4. The van der Waals surface area contributed by atoms with E-state index in [1.165, 1.54) is 24.0 Å². The molecule has 3 unspecified atom stereocenters. The van der Waals surface area contributed by atoms with Gasteiger partial charge in [0, 0.05) is 11.3 Å². The van der Waals surface area contributed by atoms with Crippen molar-refractivity contribution in [1.29, 1.82) is 0 Å². The lowest BCUT2D eigenvalue weighted by atomic mass is 10.1. The maximum absolute atomic E-state index is 6.38. The molecular weight excluding hydrogens is 258 g/mol. The van der Waals surface area contributed by atoms with Crippen molar-refractivity contribution in [3.63, 3.8) is 0 Å². The van der Waals surface area contributed by atoms with Crippen LogP contribution in [0.3, 0.4) is 0 Å².